The Kier molecular flexibility index (Phi) is 3.10. The van der Waals surface area contributed by atoms with E-state index >= 15 is 0 Å². The second kappa shape index (κ2) is 4.79. The van der Waals surface area contributed by atoms with E-state index in [1.165, 1.54) is 22.6 Å². The number of carbonyl (C=O) groups excluding carboxylic acids is 1. The molecule has 20 heavy (non-hydrogen) atoms. The summed E-state index contributed by atoms with van der Waals surface area (Å²) in [7, 11) is 0. The third kappa shape index (κ3) is 2.12. The predicted molar refractivity (Wildman–Crippen MR) is 78.4 cm³/mol. The lowest BCUT2D eigenvalue weighted by Gasteiger charge is -2.29. The molecule has 1 aromatic heterocycles. The molecule has 0 unspecified atom stereocenters. The van der Waals surface area contributed by atoms with Crippen LogP contribution in [0.3, 0.4) is 0 Å². The molecule has 6 heteroatoms. The first-order valence-electron chi connectivity index (χ1n) is 6.25. The van der Waals surface area contributed by atoms with Crippen LogP contribution in [0.15, 0.2) is 23.6 Å². The van der Waals surface area contributed by atoms with Crippen molar-refractivity contribution < 1.29 is 9.18 Å². The number of hydrogen-bond donors (Lipinski definition) is 2. The molecule has 4 nitrogen and oxygen atoms in total. The van der Waals surface area contributed by atoms with Crippen molar-refractivity contribution in [1.29, 1.82) is 0 Å². The maximum Gasteiger partial charge on any atom is 0.250 e. The molecular weight excluding hydrogens is 277 g/mol. The van der Waals surface area contributed by atoms with Crippen molar-refractivity contribution in [3.8, 4) is 0 Å². The van der Waals surface area contributed by atoms with Crippen molar-refractivity contribution in [2.24, 2.45) is 5.73 Å². The molecular formula is C14H14FN3OS. The molecule has 1 amide bonds. The molecule has 1 aromatic carbocycles. The maximum atomic E-state index is 14.1. The summed E-state index contributed by atoms with van der Waals surface area (Å²) in [5.74, 6) is -1.07. The first kappa shape index (κ1) is 12.9. The number of rotatable bonds is 2. The van der Waals surface area contributed by atoms with Gasteiger partial charge in [-0.3, -0.25) is 4.79 Å². The second-order valence-corrected chi connectivity index (χ2v) is 5.80. The van der Waals surface area contributed by atoms with Crippen molar-refractivity contribution in [2.75, 3.05) is 17.2 Å². The van der Waals surface area contributed by atoms with Gasteiger partial charge in [-0.05, 0) is 35.6 Å². The smallest absolute Gasteiger partial charge is 0.250 e. The Hall–Kier alpha value is -2.08. The van der Waals surface area contributed by atoms with E-state index < -0.39 is 11.7 Å². The molecule has 1 aliphatic heterocycles. The second-order valence-electron chi connectivity index (χ2n) is 4.80. The van der Waals surface area contributed by atoms with Gasteiger partial charge in [-0.2, -0.15) is 0 Å². The number of nitrogens with two attached hydrogens (primary N) is 2. The largest absolute Gasteiger partial charge is 0.398 e. The molecule has 104 valence electrons. The van der Waals surface area contributed by atoms with Crippen LogP contribution in [0.5, 0.6) is 0 Å². The highest BCUT2D eigenvalue weighted by atomic mass is 32.1. The number of halogens is 1. The third-order valence-corrected chi connectivity index (χ3v) is 4.56. The highest BCUT2D eigenvalue weighted by Gasteiger charge is 2.21. The molecule has 0 saturated carbocycles. The Labute approximate surface area is 119 Å². The first-order valence-corrected chi connectivity index (χ1v) is 7.13. The summed E-state index contributed by atoms with van der Waals surface area (Å²) >= 11 is 1.72. The van der Waals surface area contributed by atoms with Crippen LogP contribution < -0.4 is 16.4 Å². The van der Waals surface area contributed by atoms with Gasteiger partial charge in [0.2, 0.25) is 0 Å². The van der Waals surface area contributed by atoms with Crippen molar-refractivity contribution in [3.63, 3.8) is 0 Å². The van der Waals surface area contributed by atoms with Crippen LogP contribution in [0.2, 0.25) is 0 Å². The SMILES string of the molecule is NC(=O)c1cc(N2CCc3sccc3C2)c(F)cc1N. The van der Waals surface area contributed by atoms with Crippen molar-refractivity contribution in [3.05, 3.63) is 45.4 Å². The van der Waals surface area contributed by atoms with Gasteiger partial charge in [-0.1, -0.05) is 0 Å². The summed E-state index contributed by atoms with van der Waals surface area (Å²) in [4.78, 5) is 14.6. The zero-order chi connectivity index (χ0) is 14.3. The lowest BCUT2D eigenvalue weighted by molar-refractivity contribution is 0.100. The minimum absolute atomic E-state index is 0.0759. The highest BCUT2D eigenvalue weighted by molar-refractivity contribution is 7.10. The molecule has 0 atom stereocenters. The van der Waals surface area contributed by atoms with Crippen LogP contribution in [-0.2, 0) is 13.0 Å². The summed E-state index contributed by atoms with van der Waals surface area (Å²) in [6, 6.07) is 4.67. The monoisotopic (exact) mass is 291 g/mol. The molecule has 2 aromatic rings. The fourth-order valence-corrected chi connectivity index (χ4v) is 3.38. The summed E-state index contributed by atoms with van der Waals surface area (Å²) in [6.07, 6.45) is 0.878. The van der Waals surface area contributed by atoms with Gasteiger partial charge in [-0.25, -0.2) is 4.39 Å². The van der Waals surface area contributed by atoms with Crippen molar-refractivity contribution in [2.45, 2.75) is 13.0 Å². The van der Waals surface area contributed by atoms with E-state index in [2.05, 4.69) is 6.07 Å². The Morgan fingerprint density at radius 3 is 2.95 bits per heavy atom. The summed E-state index contributed by atoms with van der Waals surface area (Å²) in [5.41, 5.74) is 12.7. The van der Waals surface area contributed by atoms with Gasteiger partial charge in [-0.15, -0.1) is 11.3 Å². The van der Waals surface area contributed by atoms with Crippen LogP contribution in [0.25, 0.3) is 0 Å². The number of nitrogens with zero attached hydrogens (tertiary/aromatic N) is 1. The van der Waals surface area contributed by atoms with Gasteiger partial charge < -0.3 is 16.4 Å². The van der Waals surface area contributed by atoms with E-state index in [-0.39, 0.29) is 11.3 Å². The van der Waals surface area contributed by atoms with Gasteiger partial charge in [0.25, 0.3) is 5.91 Å². The number of anilines is 2. The van der Waals surface area contributed by atoms with E-state index in [0.29, 0.717) is 18.8 Å². The van der Waals surface area contributed by atoms with E-state index in [1.54, 1.807) is 11.3 Å². The summed E-state index contributed by atoms with van der Waals surface area (Å²) in [6.45, 7) is 1.35. The summed E-state index contributed by atoms with van der Waals surface area (Å²) < 4.78 is 14.1. The van der Waals surface area contributed by atoms with E-state index in [1.807, 2.05) is 10.3 Å². The lowest BCUT2D eigenvalue weighted by Crippen LogP contribution is -2.30. The number of fused-ring (bicyclic) bond motifs is 1. The van der Waals surface area contributed by atoms with Gasteiger partial charge >= 0.3 is 0 Å². The van der Waals surface area contributed by atoms with E-state index in [4.69, 9.17) is 11.5 Å². The van der Waals surface area contributed by atoms with Crippen LogP contribution in [0.4, 0.5) is 15.8 Å². The summed E-state index contributed by atoms with van der Waals surface area (Å²) in [5, 5.41) is 2.04. The van der Waals surface area contributed by atoms with Gasteiger partial charge in [0.05, 0.1) is 11.3 Å². The highest BCUT2D eigenvalue weighted by Crippen LogP contribution is 2.31. The molecule has 3 rings (SSSR count). The zero-order valence-electron chi connectivity index (χ0n) is 10.7. The lowest BCUT2D eigenvalue weighted by atomic mass is 10.1. The fourth-order valence-electron chi connectivity index (χ4n) is 2.49. The number of benzene rings is 1. The quantitative estimate of drug-likeness (QED) is 0.833. The Morgan fingerprint density at radius 1 is 1.40 bits per heavy atom. The molecule has 0 saturated heterocycles. The number of nitrogen functional groups attached to an aromatic ring is 1. The Balaban J connectivity index is 1.99. The molecule has 0 radical (unpaired) electrons. The van der Waals surface area contributed by atoms with Crippen LogP contribution >= 0.6 is 11.3 Å². The first-order chi connectivity index (χ1) is 9.56. The molecule has 0 fully saturated rings. The Morgan fingerprint density at radius 2 is 2.20 bits per heavy atom. The van der Waals surface area contributed by atoms with Crippen LogP contribution in [-0.4, -0.2) is 12.5 Å². The topological polar surface area (TPSA) is 72.4 Å². The van der Waals surface area contributed by atoms with Crippen molar-refractivity contribution >= 4 is 28.6 Å². The van der Waals surface area contributed by atoms with E-state index in [0.717, 1.165) is 6.42 Å². The van der Waals surface area contributed by atoms with Gasteiger partial charge in [0.15, 0.2) is 0 Å². The maximum absolute atomic E-state index is 14.1. The fraction of sp³-hybridized carbons (Fsp3) is 0.214. The van der Waals surface area contributed by atoms with Crippen LogP contribution in [0, 0.1) is 5.82 Å². The standard InChI is InChI=1S/C14H14FN3OS/c15-10-6-11(16)9(14(17)19)5-12(10)18-3-1-13-8(7-18)2-4-20-13/h2,4-6H,1,3,7,16H2,(H2,17,19). The number of hydrogen-bond acceptors (Lipinski definition) is 4. The van der Waals surface area contributed by atoms with Crippen LogP contribution in [0.1, 0.15) is 20.8 Å². The number of amides is 1. The molecule has 0 aliphatic carbocycles. The minimum Gasteiger partial charge on any atom is -0.398 e. The number of thiophene rings is 1. The molecule has 2 heterocycles. The molecule has 0 spiro atoms. The van der Waals surface area contributed by atoms with Crippen molar-refractivity contribution in [1.82, 2.24) is 0 Å². The normalized spacial score (nSPS) is 14.2. The average Bonchev–Trinajstić information content (AvgIpc) is 2.85. The molecule has 4 N–H and O–H groups in total. The minimum atomic E-state index is -0.642. The third-order valence-electron chi connectivity index (χ3n) is 3.53. The number of primary amides is 1. The zero-order valence-corrected chi connectivity index (χ0v) is 11.5. The van der Waals surface area contributed by atoms with E-state index in [9.17, 15) is 9.18 Å². The molecule has 0 bridgehead atoms. The molecule has 1 aliphatic rings. The Bertz CT molecular complexity index is 683. The predicted octanol–water partition coefficient (Wildman–Crippen LogP) is 2.13. The number of carbonyl (C=O) groups is 1. The average molecular weight is 291 g/mol. The van der Waals surface area contributed by atoms with Gasteiger partial charge in [0, 0.05) is 23.7 Å². The van der Waals surface area contributed by atoms with Gasteiger partial charge in [0.1, 0.15) is 5.82 Å².